The molecule has 0 aliphatic heterocycles. The largest absolute Gasteiger partial charge is 0.198 e. The number of thiol groups is 1. The lowest BCUT2D eigenvalue weighted by molar-refractivity contribution is 1.32. The van der Waals surface area contributed by atoms with E-state index in [1.54, 1.807) is 11.3 Å². The Labute approximate surface area is 99.9 Å². The SMILES string of the molecule is N#CCc1cc2c(S)cc(Br)cc2s1. The predicted octanol–water partition coefficient (Wildman–Crippen LogP) is 4.02. The Balaban J connectivity index is 2.66. The van der Waals surface area contributed by atoms with Crippen molar-refractivity contribution in [3.8, 4) is 6.07 Å². The van der Waals surface area contributed by atoms with E-state index in [-0.39, 0.29) is 0 Å². The van der Waals surface area contributed by atoms with Crippen LogP contribution in [0, 0.1) is 11.3 Å². The van der Waals surface area contributed by atoms with Gasteiger partial charge in [-0.3, -0.25) is 0 Å². The van der Waals surface area contributed by atoms with E-state index < -0.39 is 0 Å². The van der Waals surface area contributed by atoms with Gasteiger partial charge in [-0.15, -0.1) is 24.0 Å². The third kappa shape index (κ3) is 1.81. The quantitative estimate of drug-likeness (QED) is 0.786. The Morgan fingerprint density at radius 3 is 2.93 bits per heavy atom. The van der Waals surface area contributed by atoms with Crippen LogP contribution in [0.2, 0.25) is 0 Å². The van der Waals surface area contributed by atoms with Crippen LogP contribution >= 0.6 is 39.9 Å². The minimum absolute atomic E-state index is 0.476. The highest BCUT2D eigenvalue weighted by Crippen LogP contribution is 2.33. The first-order chi connectivity index (χ1) is 6.70. The average molecular weight is 284 g/mol. The summed E-state index contributed by atoms with van der Waals surface area (Å²) in [5.74, 6) is 0. The first-order valence-electron chi connectivity index (χ1n) is 3.98. The zero-order valence-electron chi connectivity index (χ0n) is 7.12. The van der Waals surface area contributed by atoms with Crippen molar-refractivity contribution < 1.29 is 0 Å². The van der Waals surface area contributed by atoms with Gasteiger partial charge in [0.05, 0.1) is 12.5 Å². The molecule has 70 valence electrons. The van der Waals surface area contributed by atoms with Crippen LogP contribution in [-0.4, -0.2) is 0 Å². The third-order valence-corrected chi connectivity index (χ3v) is 3.79. The van der Waals surface area contributed by atoms with E-state index in [0.717, 1.165) is 19.6 Å². The second-order valence-electron chi connectivity index (χ2n) is 2.88. The first kappa shape index (κ1) is 10.0. The smallest absolute Gasteiger partial charge is 0.0696 e. The van der Waals surface area contributed by atoms with E-state index >= 15 is 0 Å². The van der Waals surface area contributed by atoms with Gasteiger partial charge in [-0.1, -0.05) is 15.9 Å². The third-order valence-electron chi connectivity index (χ3n) is 1.88. The number of nitrogens with zero attached hydrogens (tertiary/aromatic N) is 1. The summed E-state index contributed by atoms with van der Waals surface area (Å²) in [5, 5.41) is 9.73. The molecule has 0 aliphatic carbocycles. The number of rotatable bonds is 1. The number of thiophene rings is 1. The molecule has 0 saturated heterocycles. The highest BCUT2D eigenvalue weighted by molar-refractivity contribution is 9.10. The van der Waals surface area contributed by atoms with Crippen LogP contribution in [0.4, 0.5) is 0 Å². The van der Waals surface area contributed by atoms with Crippen molar-refractivity contribution >= 4 is 50.0 Å². The maximum Gasteiger partial charge on any atom is 0.0696 e. The van der Waals surface area contributed by atoms with Gasteiger partial charge >= 0.3 is 0 Å². The molecular formula is C10H6BrNS2. The summed E-state index contributed by atoms with van der Waals surface area (Å²) >= 11 is 9.47. The first-order valence-corrected chi connectivity index (χ1v) is 6.04. The Morgan fingerprint density at radius 1 is 1.43 bits per heavy atom. The van der Waals surface area contributed by atoms with Crippen molar-refractivity contribution in [1.82, 2.24) is 0 Å². The van der Waals surface area contributed by atoms with Crippen LogP contribution in [0.25, 0.3) is 10.1 Å². The Kier molecular flexibility index (Phi) is 2.82. The van der Waals surface area contributed by atoms with E-state index in [9.17, 15) is 0 Å². The summed E-state index contributed by atoms with van der Waals surface area (Å²) in [4.78, 5) is 2.05. The normalized spacial score (nSPS) is 10.4. The molecule has 1 heterocycles. The number of nitriles is 1. The number of halogens is 1. The van der Waals surface area contributed by atoms with Gasteiger partial charge in [0, 0.05) is 24.3 Å². The van der Waals surface area contributed by atoms with Gasteiger partial charge in [-0.05, 0) is 18.2 Å². The summed E-state index contributed by atoms with van der Waals surface area (Å²) in [6.45, 7) is 0. The summed E-state index contributed by atoms with van der Waals surface area (Å²) in [7, 11) is 0. The minimum atomic E-state index is 0.476. The Hall–Kier alpha value is -0.500. The van der Waals surface area contributed by atoms with E-state index in [4.69, 9.17) is 5.26 Å². The van der Waals surface area contributed by atoms with Gasteiger partial charge < -0.3 is 0 Å². The van der Waals surface area contributed by atoms with E-state index in [1.165, 1.54) is 4.70 Å². The molecular weight excluding hydrogens is 278 g/mol. The molecule has 14 heavy (non-hydrogen) atoms. The molecule has 2 aromatic rings. The predicted molar refractivity (Wildman–Crippen MR) is 66.1 cm³/mol. The minimum Gasteiger partial charge on any atom is -0.198 e. The van der Waals surface area contributed by atoms with Crippen molar-refractivity contribution in [2.75, 3.05) is 0 Å². The lowest BCUT2D eigenvalue weighted by Gasteiger charge is -1.95. The van der Waals surface area contributed by atoms with Gasteiger partial charge in [-0.2, -0.15) is 5.26 Å². The lowest BCUT2D eigenvalue weighted by atomic mass is 10.2. The maximum absolute atomic E-state index is 8.60. The molecule has 1 aromatic carbocycles. The number of hydrogen-bond acceptors (Lipinski definition) is 3. The van der Waals surface area contributed by atoms with Gasteiger partial charge in [0.1, 0.15) is 0 Å². The van der Waals surface area contributed by atoms with Crippen LogP contribution in [0.1, 0.15) is 4.88 Å². The van der Waals surface area contributed by atoms with E-state index in [1.807, 2.05) is 12.1 Å². The molecule has 2 rings (SSSR count). The molecule has 0 amide bonds. The molecule has 0 atom stereocenters. The Morgan fingerprint density at radius 2 is 2.21 bits per heavy atom. The van der Waals surface area contributed by atoms with Crippen molar-refractivity contribution in [2.24, 2.45) is 0 Å². The topological polar surface area (TPSA) is 23.8 Å². The Bertz CT molecular complexity index is 525. The number of fused-ring (bicyclic) bond motifs is 1. The number of hydrogen-bond donors (Lipinski definition) is 1. The average Bonchev–Trinajstić information content (AvgIpc) is 2.48. The lowest BCUT2D eigenvalue weighted by Crippen LogP contribution is -1.70. The summed E-state index contributed by atoms with van der Waals surface area (Å²) in [6.07, 6.45) is 0.476. The molecule has 0 spiro atoms. The fourth-order valence-corrected chi connectivity index (χ4v) is 3.55. The second kappa shape index (κ2) is 3.93. The van der Waals surface area contributed by atoms with E-state index in [2.05, 4.69) is 40.7 Å². The van der Waals surface area contributed by atoms with Gasteiger partial charge in [-0.25, -0.2) is 0 Å². The zero-order chi connectivity index (χ0) is 10.1. The van der Waals surface area contributed by atoms with Crippen molar-refractivity contribution in [3.05, 3.63) is 27.5 Å². The molecule has 0 fully saturated rings. The second-order valence-corrected chi connectivity index (χ2v) is 5.45. The molecule has 0 aliphatic rings. The fraction of sp³-hybridized carbons (Fsp3) is 0.100. The monoisotopic (exact) mass is 283 g/mol. The fourth-order valence-electron chi connectivity index (χ4n) is 1.31. The molecule has 0 bridgehead atoms. The van der Waals surface area contributed by atoms with Gasteiger partial charge in [0.2, 0.25) is 0 Å². The highest BCUT2D eigenvalue weighted by atomic mass is 79.9. The molecule has 0 saturated carbocycles. The molecule has 1 aromatic heterocycles. The summed E-state index contributed by atoms with van der Waals surface area (Å²) in [6, 6.07) is 8.22. The van der Waals surface area contributed by atoms with E-state index in [0.29, 0.717) is 6.42 Å². The number of benzene rings is 1. The summed E-state index contributed by atoms with van der Waals surface area (Å²) < 4.78 is 2.20. The van der Waals surface area contributed by atoms with Crippen molar-refractivity contribution in [2.45, 2.75) is 11.3 Å². The molecule has 1 nitrogen and oxygen atoms in total. The zero-order valence-corrected chi connectivity index (χ0v) is 10.4. The van der Waals surface area contributed by atoms with Crippen LogP contribution in [0.15, 0.2) is 27.6 Å². The maximum atomic E-state index is 8.60. The standard InChI is InChI=1S/C10H6BrNS2/c11-6-3-9(13)8-5-7(1-2-12)14-10(8)4-6/h3-5,13H,1H2. The van der Waals surface area contributed by atoms with Crippen LogP contribution in [0.3, 0.4) is 0 Å². The van der Waals surface area contributed by atoms with Crippen LogP contribution in [-0.2, 0) is 6.42 Å². The molecule has 0 radical (unpaired) electrons. The van der Waals surface area contributed by atoms with Crippen molar-refractivity contribution in [3.63, 3.8) is 0 Å². The highest BCUT2D eigenvalue weighted by Gasteiger charge is 2.05. The molecule has 0 N–H and O–H groups in total. The van der Waals surface area contributed by atoms with Gasteiger partial charge in [0.15, 0.2) is 0 Å². The molecule has 4 heteroatoms. The van der Waals surface area contributed by atoms with Gasteiger partial charge in [0.25, 0.3) is 0 Å². The van der Waals surface area contributed by atoms with Crippen LogP contribution < -0.4 is 0 Å². The van der Waals surface area contributed by atoms with Crippen LogP contribution in [0.5, 0.6) is 0 Å². The summed E-state index contributed by atoms with van der Waals surface area (Å²) in [5.41, 5.74) is 0. The molecule has 0 unspecified atom stereocenters. The van der Waals surface area contributed by atoms with Crippen molar-refractivity contribution in [1.29, 1.82) is 5.26 Å².